The van der Waals surface area contributed by atoms with E-state index in [1.807, 2.05) is 0 Å². The summed E-state index contributed by atoms with van der Waals surface area (Å²) >= 11 is 0. The Morgan fingerprint density at radius 1 is 0.292 bits per heavy atom. The SMILES string of the molecule is CCCCCC/C=C/CCCCCCCCCC(=O)O[C@H](COC(=O)CCCCCCC/C=C/CCCCCCC)COC(=O)CCCCCCCCCCCCCCCCCCCC. The van der Waals surface area contributed by atoms with E-state index in [0.29, 0.717) is 19.3 Å². The Hall–Kier alpha value is -2.11. The Labute approximate surface area is 404 Å². The first-order chi connectivity index (χ1) is 32.0. The molecule has 0 aromatic rings. The highest BCUT2D eigenvalue weighted by Crippen LogP contribution is 2.17. The summed E-state index contributed by atoms with van der Waals surface area (Å²) in [6, 6.07) is 0. The Morgan fingerprint density at radius 2 is 0.508 bits per heavy atom. The van der Waals surface area contributed by atoms with E-state index < -0.39 is 6.10 Å². The van der Waals surface area contributed by atoms with Crippen molar-refractivity contribution in [3.05, 3.63) is 24.3 Å². The number of carbonyl (C=O) groups is 3. The molecular weight excluding hydrogens is 805 g/mol. The van der Waals surface area contributed by atoms with Crippen molar-refractivity contribution >= 4 is 17.9 Å². The molecule has 0 bridgehead atoms. The molecule has 0 rings (SSSR count). The van der Waals surface area contributed by atoms with Gasteiger partial charge in [0.25, 0.3) is 0 Å². The maximum atomic E-state index is 12.8. The van der Waals surface area contributed by atoms with Crippen LogP contribution in [0, 0.1) is 0 Å². The molecule has 0 amide bonds. The molecule has 0 unspecified atom stereocenters. The van der Waals surface area contributed by atoms with E-state index >= 15 is 0 Å². The fraction of sp³-hybridized carbons (Fsp3) is 0.881. The van der Waals surface area contributed by atoms with Gasteiger partial charge in [0.1, 0.15) is 13.2 Å². The topological polar surface area (TPSA) is 78.9 Å². The molecule has 0 saturated carbocycles. The maximum absolute atomic E-state index is 12.8. The second-order valence-corrected chi connectivity index (χ2v) is 19.6. The zero-order valence-corrected chi connectivity index (χ0v) is 43.8. The highest BCUT2D eigenvalue weighted by Gasteiger charge is 2.19. The van der Waals surface area contributed by atoms with Crippen LogP contribution in [0.4, 0.5) is 0 Å². The van der Waals surface area contributed by atoms with Crippen molar-refractivity contribution < 1.29 is 28.6 Å². The average Bonchev–Trinajstić information content (AvgIpc) is 3.30. The number of carbonyl (C=O) groups excluding carboxylic acids is 3. The van der Waals surface area contributed by atoms with Gasteiger partial charge >= 0.3 is 17.9 Å². The van der Waals surface area contributed by atoms with E-state index in [0.717, 1.165) is 64.2 Å². The largest absolute Gasteiger partial charge is 0.462 e. The summed E-state index contributed by atoms with van der Waals surface area (Å²) in [6.07, 6.45) is 63.1. The summed E-state index contributed by atoms with van der Waals surface area (Å²) in [5, 5.41) is 0. The number of rotatable bonds is 53. The maximum Gasteiger partial charge on any atom is 0.306 e. The third-order valence-electron chi connectivity index (χ3n) is 12.9. The molecule has 382 valence electrons. The average molecular weight is 916 g/mol. The van der Waals surface area contributed by atoms with E-state index in [4.69, 9.17) is 14.2 Å². The lowest BCUT2D eigenvalue weighted by Gasteiger charge is -2.18. The number of hydrogen-bond acceptors (Lipinski definition) is 6. The number of ether oxygens (including phenoxy) is 3. The standard InChI is InChI=1S/C59H110O6/c1-4-7-10-13-16-19-22-25-28-29-30-32-34-37-40-43-46-49-52-58(61)64-55-56(54-63-57(60)51-48-45-42-39-36-33-27-24-21-18-15-12-9-6-3)65-59(62)53-50-47-44-41-38-35-31-26-23-20-17-14-11-8-5-2/h20,23-24,27,56H,4-19,21-22,25-26,28-55H2,1-3H3/b23-20+,27-24+/t56-/m1/s1. The van der Waals surface area contributed by atoms with Crippen molar-refractivity contribution in [1.29, 1.82) is 0 Å². The zero-order valence-electron chi connectivity index (χ0n) is 43.8. The molecule has 0 aromatic carbocycles. The quantitative estimate of drug-likeness (QED) is 0.0262. The minimum Gasteiger partial charge on any atom is -0.462 e. The van der Waals surface area contributed by atoms with Gasteiger partial charge in [-0.1, -0.05) is 251 Å². The smallest absolute Gasteiger partial charge is 0.306 e. The summed E-state index contributed by atoms with van der Waals surface area (Å²) in [4.78, 5) is 38.1. The zero-order chi connectivity index (χ0) is 47.2. The first kappa shape index (κ1) is 62.9. The van der Waals surface area contributed by atoms with E-state index in [1.54, 1.807) is 0 Å². The van der Waals surface area contributed by atoms with Crippen LogP contribution in [0.15, 0.2) is 24.3 Å². The Morgan fingerprint density at radius 3 is 0.785 bits per heavy atom. The van der Waals surface area contributed by atoms with Crippen LogP contribution in [0.5, 0.6) is 0 Å². The molecular formula is C59H110O6. The van der Waals surface area contributed by atoms with Crippen molar-refractivity contribution in [3.63, 3.8) is 0 Å². The monoisotopic (exact) mass is 915 g/mol. The molecule has 0 radical (unpaired) electrons. The number of allylic oxidation sites excluding steroid dienone is 4. The van der Waals surface area contributed by atoms with Crippen molar-refractivity contribution in [2.45, 2.75) is 322 Å². The summed E-state index contributed by atoms with van der Waals surface area (Å²) in [5.41, 5.74) is 0. The molecule has 0 spiro atoms. The Balaban J connectivity index is 4.33. The van der Waals surface area contributed by atoms with E-state index in [1.165, 1.54) is 212 Å². The predicted molar refractivity (Wildman–Crippen MR) is 279 cm³/mol. The van der Waals surface area contributed by atoms with Gasteiger partial charge in [0.15, 0.2) is 6.10 Å². The number of unbranched alkanes of at least 4 members (excludes halogenated alkanes) is 38. The molecule has 0 aliphatic heterocycles. The normalized spacial score (nSPS) is 12.1. The summed E-state index contributed by atoms with van der Waals surface area (Å²) in [5.74, 6) is -0.865. The van der Waals surface area contributed by atoms with Gasteiger partial charge in [-0.15, -0.1) is 0 Å². The van der Waals surface area contributed by atoms with Gasteiger partial charge in [-0.3, -0.25) is 14.4 Å². The third-order valence-corrected chi connectivity index (χ3v) is 12.9. The van der Waals surface area contributed by atoms with Crippen LogP contribution in [-0.4, -0.2) is 37.2 Å². The minimum absolute atomic E-state index is 0.0712. The van der Waals surface area contributed by atoms with Crippen LogP contribution in [0.25, 0.3) is 0 Å². The highest BCUT2D eigenvalue weighted by molar-refractivity contribution is 5.71. The summed E-state index contributed by atoms with van der Waals surface area (Å²) < 4.78 is 16.9. The molecule has 0 aromatic heterocycles. The molecule has 0 fully saturated rings. The van der Waals surface area contributed by atoms with Crippen molar-refractivity contribution in [2.24, 2.45) is 0 Å². The van der Waals surface area contributed by atoms with Gasteiger partial charge < -0.3 is 14.2 Å². The number of esters is 3. The summed E-state index contributed by atoms with van der Waals surface area (Å²) in [7, 11) is 0. The fourth-order valence-corrected chi connectivity index (χ4v) is 8.55. The van der Waals surface area contributed by atoms with E-state index in [-0.39, 0.29) is 31.1 Å². The predicted octanol–water partition coefficient (Wildman–Crippen LogP) is 19.1. The van der Waals surface area contributed by atoms with Crippen molar-refractivity contribution in [2.75, 3.05) is 13.2 Å². The second kappa shape index (κ2) is 54.5. The lowest BCUT2D eigenvalue weighted by Crippen LogP contribution is -2.30. The first-order valence-electron chi connectivity index (χ1n) is 28.8. The number of hydrogen-bond donors (Lipinski definition) is 0. The lowest BCUT2D eigenvalue weighted by atomic mass is 10.0. The van der Waals surface area contributed by atoms with E-state index in [2.05, 4.69) is 45.1 Å². The van der Waals surface area contributed by atoms with Crippen LogP contribution in [0.3, 0.4) is 0 Å². The van der Waals surface area contributed by atoms with Crippen LogP contribution in [-0.2, 0) is 28.6 Å². The van der Waals surface area contributed by atoms with Crippen LogP contribution >= 0.6 is 0 Å². The molecule has 0 aliphatic carbocycles. The Bertz CT molecular complexity index is 1050. The third kappa shape index (κ3) is 52.7. The van der Waals surface area contributed by atoms with Gasteiger partial charge in [-0.25, -0.2) is 0 Å². The highest BCUT2D eigenvalue weighted by atomic mass is 16.6. The van der Waals surface area contributed by atoms with Crippen LogP contribution in [0.2, 0.25) is 0 Å². The fourth-order valence-electron chi connectivity index (χ4n) is 8.55. The van der Waals surface area contributed by atoms with Crippen molar-refractivity contribution in [1.82, 2.24) is 0 Å². The van der Waals surface area contributed by atoms with Gasteiger partial charge in [0.2, 0.25) is 0 Å². The van der Waals surface area contributed by atoms with Crippen molar-refractivity contribution in [3.8, 4) is 0 Å². The van der Waals surface area contributed by atoms with Crippen LogP contribution in [0.1, 0.15) is 316 Å². The molecule has 1 atom stereocenters. The lowest BCUT2D eigenvalue weighted by molar-refractivity contribution is -0.167. The molecule has 0 saturated heterocycles. The first-order valence-corrected chi connectivity index (χ1v) is 28.8. The van der Waals surface area contributed by atoms with Gasteiger partial charge in [0, 0.05) is 19.3 Å². The second-order valence-electron chi connectivity index (χ2n) is 19.6. The molecule has 6 nitrogen and oxygen atoms in total. The molecule has 65 heavy (non-hydrogen) atoms. The van der Waals surface area contributed by atoms with Gasteiger partial charge in [0.05, 0.1) is 0 Å². The minimum atomic E-state index is -0.773. The van der Waals surface area contributed by atoms with E-state index in [9.17, 15) is 14.4 Å². The molecule has 6 heteroatoms. The molecule has 0 aliphatic rings. The van der Waals surface area contributed by atoms with Crippen LogP contribution < -0.4 is 0 Å². The Kier molecular flexibility index (Phi) is 52.7. The van der Waals surface area contributed by atoms with Gasteiger partial charge in [-0.2, -0.15) is 0 Å². The molecule has 0 heterocycles. The van der Waals surface area contributed by atoms with Gasteiger partial charge in [-0.05, 0) is 70.6 Å². The molecule has 0 N–H and O–H groups in total. The summed E-state index contributed by atoms with van der Waals surface area (Å²) in [6.45, 7) is 6.65.